The van der Waals surface area contributed by atoms with Crippen molar-refractivity contribution in [3.8, 4) is 0 Å². The van der Waals surface area contributed by atoms with Crippen molar-refractivity contribution >= 4 is 19.8 Å². The van der Waals surface area contributed by atoms with Crippen molar-refractivity contribution in [3.63, 3.8) is 0 Å². The average molecular weight is 296 g/mol. The summed E-state index contributed by atoms with van der Waals surface area (Å²) < 4.78 is 0. The van der Waals surface area contributed by atoms with Crippen molar-refractivity contribution in [2.75, 3.05) is 0 Å². The standard InChI is InChI=1S/C16H28O3Si/c1-12(17)8-9-13-6-5-7-14(10-16(18)19)15(13)11-20(2,3)4/h11,13-14H,5-10H2,1-4H3,(H,18,19). The zero-order valence-electron chi connectivity index (χ0n) is 13.2. The van der Waals surface area contributed by atoms with E-state index < -0.39 is 14.0 Å². The summed E-state index contributed by atoms with van der Waals surface area (Å²) in [5, 5.41) is 9.12. The highest BCUT2D eigenvalue weighted by atomic mass is 28.3. The van der Waals surface area contributed by atoms with Crippen LogP contribution < -0.4 is 0 Å². The van der Waals surface area contributed by atoms with Crippen LogP contribution >= 0.6 is 0 Å². The van der Waals surface area contributed by atoms with Gasteiger partial charge in [0.1, 0.15) is 5.78 Å². The van der Waals surface area contributed by atoms with Gasteiger partial charge in [-0.2, -0.15) is 0 Å². The Labute approximate surface area is 123 Å². The first-order chi connectivity index (χ1) is 9.19. The van der Waals surface area contributed by atoms with Crippen molar-refractivity contribution < 1.29 is 14.7 Å². The normalized spacial score (nSPS) is 25.7. The number of carboxylic acid groups (broad SMARTS) is 1. The third kappa shape index (κ3) is 6.03. The molecule has 1 saturated carbocycles. The predicted octanol–water partition coefficient (Wildman–Crippen LogP) is 4.05. The molecule has 4 heteroatoms. The fourth-order valence-electron chi connectivity index (χ4n) is 3.13. The summed E-state index contributed by atoms with van der Waals surface area (Å²) in [6.45, 7) is 8.50. The van der Waals surface area contributed by atoms with Gasteiger partial charge in [-0.3, -0.25) is 4.79 Å². The molecule has 0 amide bonds. The van der Waals surface area contributed by atoms with Crippen LogP contribution in [0.3, 0.4) is 0 Å². The van der Waals surface area contributed by atoms with Gasteiger partial charge in [-0.15, -0.1) is 0 Å². The minimum absolute atomic E-state index is 0.185. The summed E-state index contributed by atoms with van der Waals surface area (Å²) in [7, 11) is -1.38. The second kappa shape index (κ2) is 7.20. The summed E-state index contributed by atoms with van der Waals surface area (Å²) in [4.78, 5) is 22.3. The number of hydrogen-bond donors (Lipinski definition) is 1. The van der Waals surface area contributed by atoms with Gasteiger partial charge in [0, 0.05) is 6.42 Å². The molecule has 1 aliphatic carbocycles. The zero-order chi connectivity index (χ0) is 15.3. The van der Waals surface area contributed by atoms with E-state index in [1.807, 2.05) is 0 Å². The van der Waals surface area contributed by atoms with E-state index in [4.69, 9.17) is 5.11 Å². The summed E-state index contributed by atoms with van der Waals surface area (Å²) in [6.07, 6.45) is 4.94. The fourth-order valence-corrected chi connectivity index (χ4v) is 4.60. The molecule has 114 valence electrons. The molecule has 0 aromatic heterocycles. The van der Waals surface area contributed by atoms with Gasteiger partial charge in [0.15, 0.2) is 0 Å². The lowest BCUT2D eigenvalue weighted by Gasteiger charge is -2.34. The molecule has 0 spiro atoms. The van der Waals surface area contributed by atoms with Crippen LogP contribution in [0.1, 0.15) is 45.4 Å². The summed E-state index contributed by atoms with van der Waals surface area (Å²) in [5.74, 6) is 0.134. The Balaban J connectivity index is 2.93. The average Bonchev–Trinajstić information content (AvgIpc) is 2.27. The van der Waals surface area contributed by atoms with Crippen LogP contribution in [0.2, 0.25) is 19.6 Å². The lowest BCUT2D eigenvalue weighted by Crippen LogP contribution is -2.27. The van der Waals surface area contributed by atoms with E-state index >= 15 is 0 Å². The van der Waals surface area contributed by atoms with Gasteiger partial charge in [0.05, 0.1) is 14.5 Å². The number of allylic oxidation sites excluding steroid dienone is 1. The molecule has 0 aliphatic heterocycles. The van der Waals surface area contributed by atoms with Crippen molar-refractivity contribution in [1.29, 1.82) is 0 Å². The Morgan fingerprint density at radius 3 is 2.35 bits per heavy atom. The Hall–Kier alpha value is -0.903. The van der Waals surface area contributed by atoms with Gasteiger partial charge >= 0.3 is 5.97 Å². The summed E-state index contributed by atoms with van der Waals surface area (Å²) >= 11 is 0. The summed E-state index contributed by atoms with van der Waals surface area (Å²) in [5.41, 5.74) is 3.74. The molecule has 2 atom stereocenters. The number of aliphatic carboxylic acids is 1. The van der Waals surface area contributed by atoms with E-state index in [2.05, 4.69) is 25.3 Å². The first kappa shape index (κ1) is 17.1. The maximum Gasteiger partial charge on any atom is 0.303 e. The molecule has 20 heavy (non-hydrogen) atoms. The number of ketones is 1. The van der Waals surface area contributed by atoms with Gasteiger partial charge in [-0.05, 0) is 38.0 Å². The number of carbonyl (C=O) groups excluding carboxylic acids is 1. The predicted molar refractivity (Wildman–Crippen MR) is 84.4 cm³/mol. The summed E-state index contributed by atoms with van der Waals surface area (Å²) in [6, 6.07) is 0. The molecule has 2 unspecified atom stereocenters. The van der Waals surface area contributed by atoms with E-state index in [0.717, 1.165) is 25.7 Å². The minimum atomic E-state index is -1.38. The zero-order valence-corrected chi connectivity index (χ0v) is 14.2. The largest absolute Gasteiger partial charge is 0.481 e. The molecule has 0 aromatic carbocycles. The first-order valence-corrected chi connectivity index (χ1v) is 11.2. The van der Waals surface area contributed by atoms with Crippen molar-refractivity contribution in [2.45, 2.75) is 65.1 Å². The Morgan fingerprint density at radius 1 is 1.25 bits per heavy atom. The van der Waals surface area contributed by atoms with Crippen molar-refractivity contribution in [2.24, 2.45) is 11.8 Å². The van der Waals surface area contributed by atoms with Crippen LogP contribution in [0, 0.1) is 11.8 Å². The van der Waals surface area contributed by atoms with Crippen LogP contribution in [0.5, 0.6) is 0 Å². The Kier molecular flexibility index (Phi) is 6.18. The van der Waals surface area contributed by atoms with E-state index in [9.17, 15) is 9.59 Å². The molecular formula is C16H28O3Si. The number of Topliss-reactive ketones (excluding diaryl/α,β-unsaturated/α-hetero) is 1. The van der Waals surface area contributed by atoms with E-state index in [0.29, 0.717) is 12.3 Å². The molecule has 0 heterocycles. The highest BCUT2D eigenvalue weighted by molar-refractivity contribution is 6.81. The topological polar surface area (TPSA) is 54.4 Å². The molecule has 3 nitrogen and oxygen atoms in total. The molecule has 1 fully saturated rings. The number of carbonyl (C=O) groups is 2. The molecular weight excluding hydrogens is 268 g/mol. The van der Waals surface area contributed by atoms with Crippen LogP contribution in [-0.4, -0.2) is 24.9 Å². The lowest BCUT2D eigenvalue weighted by molar-refractivity contribution is -0.138. The van der Waals surface area contributed by atoms with E-state index in [1.165, 1.54) is 5.57 Å². The molecule has 1 aliphatic rings. The lowest BCUT2D eigenvalue weighted by atomic mass is 9.74. The number of rotatable bonds is 6. The van der Waals surface area contributed by atoms with Gasteiger partial charge in [-0.25, -0.2) is 0 Å². The second-order valence-corrected chi connectivity index (χ2v) is 12.2. The van der Waals surface area contributed by atoms with Crippen LogP contribution in [0.4, 0.5) is 0 Å². The number of carboxylic acids is 1. The highest BCUT2D eigenvalue weighted by Crippen LogP contribution is 2.39. The molecule has 0 bridgehead atoms. The SMILES string of the molecule is CC(=O)CCC1CCCC(CC(=O)O)C1=C[Si](C)(C)C. The van der Waals surface area contributed by atoms with Gasteiger partial charge < -0.3 is 9.90 Å². The first-order valence-electron chi connectivity index (χ1n) is 7.63. The van der Waals surface area contributed by atoms with Crippen molar-refractivity contribution in [3.05, 3.63) is 11.3 Å². The molecule has 0 radical (unpaired) electrons. The monoisotopic (exact) mass is 296 g/mol. The molecule has 0 saturated heterocycles. The van der Waals surface area contributed by atoms with Crippen molar-refractivity contribution in [1.82, 2.24) is 0 Å². The third-order valence-corrected chi connectivity index (χ3v) is 5.11. The second-order valence-electron chi connectivity index (χ2n) is 7.17. The molecule has 1 rings (SSSR count). The fraction of sp³-hybridized carbons (Fsp3) is 0.750. The van der Waals surface area contributed by atoms with Gasteiger partial charge in [-0.1, -0.05) is 37.3 Å². The maximum absolute atomic E-state index is 11.2. The van der Waals surface area contributed by atoms with Crippen LogP contribution in [0.25, 0.3) is 0 Å². The van der Waals surface area contributed by atoms with E-state index in [1.54, 1.807) is 6.92 Å². The quantitative estimate of drug-likeness (QED) is 0.752. The van der Waals surface area contributed by atoms with E-state index in [-0.39, 0.29) is 18.1 Å². The Morgan fingerprint density at radius 2 is 1.85 bits per heavy atom. The van der Waals surface area contributed by atoms with Gasteiger partial charge in [0.2, 0.25) is 0 Å². The molecule has 0 aromatic rings. The van der Waals surface area contributed by atoms with Crippen LogP contribution in [-0.2, 0) is 9.59 Å². The van der Waals surface area contributed by atoms with Crippen LogP contribution in [0.15, 0.2) is 11.3 Å². The highest BCUT2D eigenvalue weighted by Gasteiger charge is 2.30. The maximum atomic E-state index is 11.2. The Bertz CT molecular complexity index is 393. The van der Waals surface area contributed by atoms with Gasteiger partial charge in [0.25, 0.3) is 0 Å². The smallest absolute Gasteiger partial charge is 0.303 e. The third-order valence-electron chi connectivity index (χ3n) is 3.91. The minimum Gasteiger partial charge on any atom is -0.481 e. The number of hydrogen-bond acceptors (Lipinski definition) is 2. The molecule has 1 N–H and O–H groups in total.